The molecule has 0 N–H and O–H groups in total. The van der Waals surface area contributed by atoms with Gasteiger partial charge in [-0.05, 0) is 11.1 Å². The van der Waals surface area contributed by atoms with Gasteiger partial charge in [0.1, 0.15) is 5.82 Å². The van der Waals surface area contributed by atoms with E-state index in [1.165, 1.54) is 0 Å². The van der Waals surface area contributed by atoms with Crippen molar-refractivity contribution >= 4 is 5.69 Å². The van der Waals surface area contributed by atoms with Crippen LogP contribution in [0.15, 0.2) is 116 Å². The van der Waals surface area contributed by atoms with Crippen LogP contribution in [0.3, 0.4) is 0 Å². The smallest absolute Gasteiger partial charge is 0.197 e. The maximum absolute atomic E-state index is 7.60. The van der Waals surface area contributed by atoms with Crippen LogP contribution < -0.4 is 0 Å². The highest BCUT2D eigenvalue weighted by Crippen LogP contribution is 2.39. The molecule has 0 spiro atoms. The second-order valence-corrected chi connectivity index (χ2v) is 7.18. The molecule has 31 heavy (non-hydrogen) atoms. The quantitative estimate of drug-likeness (QED) is 0.289. The molecule has 0 saturated carbocycles. The summed E-state index contributed by atoms with van der Waals surface area (Å²) in [5.41, 5.74) is 6.95. The van der Waals surface area contributed by atoms with E-state index in [9.17, 15) is 0 Å². The van der Waals surface area contributed by atoms with Gasteiger partial charge in [0.05, 0.1) is 12.3 Å². The molecule has 0 unspecified atom stereocenters. The Morgan fingerprint density at radius 2 is 1.16 bits per heavy atom. The Morgan fingerprint density at radius 3 is 1.77 bits per heavy atom. The number of aromatic nitrogens is 2. The summed E-state index contributed by atoms with van der Waals surface area (Å²) in [6.45, 7) is 7.60. The summed E-state index contributed by atoms with van der Waals surface area (Å²) >= 11 is 0. The molecule has 0 fully saturated rings. The SMILES string of the molecule is [C-]#[N+]c1ccccc1-c1nccn1-c1c(-c2ccccc2)cccc1-c1ccccc1. The van der Waals surface area contributed by atoms with Gasteiger partial charge in [0.15, 0.2) is 5.69 Å². The fourth-order valence-corrected chi connectivity index (χ4v) is 3.95. The van der Waals surface area contributed by atoms with Crippen molar-refractivity contribution in [2.24, 2.45) is 0 Å². The summed E-state index contributed by atoms with van der Waals surface area (Å²) in [7, 11) is 0. The molecule has 0 aliphatic rings. The summed E-state index contributed by atoms with van der Waals surface area (Å²) in [6.07, 6.45) is 3.77. The number of hydrogen-bond donors (Lipinski definition) is 0. The standard InChI is InChI=1S/C28H19N3/c1-29-26-18-9-8-15-25(26)28-30-19-20-31(28)27-23(21-11-4-2-5-12-21)16-10-17-24(27)22-13-6-3-7-14-22/h2-20H. The Morgan fingerprint density at radius 1 is 0.613 bits per heavy atom. The zero-order chi connectivity index (χ0) is 21.0. The lowest BCUT2D eigenvalue weighted by Gasteiger charge is -2.19. The predicted molar refractivity (Wildman–Crippen MR) is 126 cm³/mol. The number of para-hydroxylation sites is 2. The first-order chi connectivity index (χ1) is 15.4. The predicted octanol–water partition coefficient (Wildman–Crippen LogP) is 7.42. The van der Waals surface area contributed by atoms with Gasteiger partial charge in [-0.3, -0.25) is 4.57 Å². The molecule has 0 aliphatic carbocycles. The van der Waals surface area contributed by atoms with Crippen molar-refractivity contribution in [3.05, 3.63) is 127 Å². The zero-order valence-electron chi connectivity index (χ0n) is 16.8. The Hall–Kier alpha value is -4.42. The maximum atomic E-state index is 7.60. The topological polar surface area (TPSA) is 22.2 Å². The van der Waals surface area contributed by atoms with Crippen LogP contribution in [0.1, 0.15) is 0 Å². The van der Waals surface area contributed by atoms with Gasteiger partial charge in [0, 0.05) is 29.1 Å². The molecule has 1 heterocycles. The monoisotopic (exact) mass is 397 g/mol. The Kier molecular flexibility index (Phi) is 4.88. The molecule has 0 amide bonds. The largest absolute Gasteiger partial charge is 0.300 e. The van der Waals surface area contributed by atoms with E-state index in [1.54, 1.807) is 6.20 Å². The third-order valence-corrected chi connectivity index (χ3v) is 5.35. The second kappa shape index (κ2) is 8.14. The first-order valence-electron chi connectivity index (χ1n) is 10.1. The highest BCUT2D eigenvalue weighted by atomic mass is 15.1. The van der Waals surface area contributed by atoms with Crippen molar-refractivity contribution in [2.75, 3.05) is 0 Å². The highest BCUT2D eigenvalue weighted by molar-refractivity contribution is 5.87. The lowest BCUT2D eigenvalue weighted by Crippen LogP contribution is -2.02. The van der Waals surface area contributed by atoms with E-state index in [-0.39, 0.29) is 0 Å². The maximum Gasteiger partial charge on any atom is 0.197 e. The summed E-state index contributed by atoms with van der Waals surface area (Å²) in [5.74, 6) is 0.757. The molecule has 3 nitrogen and oxygen atoms in total. The van der Waals surface area contributed by atoms with E-state index in [1.807, 2.05) is 42.6 Å². The Bertz CT molecular complexity index is 1320. The molecule has 3 heteroatoms. The van der Waals surface area contributed by atoms with E-state index in [0.29, 0.717) is 5.69 Å². The van der Waals surface area contributed by atoms with Crippen molar-refractivity contribution < 1.29 is 0 Å². The summed E-state index contributed by atoms with van der Waals surface area (Å²) in [4.78, 5) is 8.38. The van der Waals surface area contributed by atoms with Crippen LogP contribution in [0.5, 0.6) is 0 Å². The van der Waals surface area contributed by atoms with Gasteiger partial charge in [-0.15, -0.1) is 0 Å². The molecular formula is C28H19N3. The molecule has 0 aliphatic heterocycles. The average molecular weight is 397 g/mol. The van der Waals surface area contributed by atoms with Crippen molar-refractivity contribution in [2.45, 2.75) is 0 Å². The van der Waals surface area contributed by atoms with Gasteiger partial charge in [-0.1, -0.05) is 103 Å². The summed E-state index contributed by atoms with van der Waals surface area (Å²) < 4.78 is 2.11. The normalized spacial score (nSPS) is 10.5. The lowest BCUT2D eigenvalue weighted by molar-refractivity contribution is 1.07. The molecule has 0 saturated heterocycles. The van der Waals surface area contributed by atoms with Crippen LogP contribution in [0, 0.1) is 6.57 Å². The second-order valence-electron chi connectivity index (χ2n) is 7.18. The number of hydrogen-bond acceptors (Lipinski definition) is 1. The van der Waals surface area contributed by atoms with E-state index in [0.717, 1.165) is 39.3 Å². The number of nitrogens with zero attached hydrogens (tertiary/aromatic N) is 3. The first-order valence-corrected chi connectivity index (χ1v) is 10.1. The van der Waals surface area contributed by atoms with Crippen molar-refractivity contribution in [3.8, 4) is 39.3 Å². The summed E-state index contributed by atoms with van der Waals surface area (Å²) in [5, 5.41) is 0. The van der Waals surface area contributed by atoms with Gasteiger partial charge in [-0.25, -0.2) is 9.83 Å². The number of benzene rings is 4. The van der Waals surface area contributed by atoms with Crippen molar-refractivity contribution in [3.63, 3.8) is 0 Å². The molecule has 0 radical (unpaired) electrons. The minimum Gasteiger partial charge on any atom is -0.300 e. The van der Waals surface area contributed by atoms with Gasteiger partial charge in [0.2, 0.25) is 0 Å². The number of rotatable bonds is 4. The molecule has 5 rings (SSSR count). The Balaban J connectivity index is 1.83. The van der Waals surface area contributed by atoms with Crippen LogP contribution in [0.2, 0.25) is 0 Å². The molecule has 0 atom stereocenters. The van der Waals surface area contributed by atoms with E-state index in [2.05, 4.69) is 81.1 Å². The van der Waals surface area contributed by atoms with Crippen LogP contribution in [0.4, 0.5) is 5.69 Å². The van der Waals surface area contributed by atoms with E-state index in [4.69, 9.17) is 6.57 Å². The van der Waals surface area contributed by atoms with Crippen LogP contribution in [0.25, 0.3) is 44.2 Å². The Labute approximate surface area is 181 Å². The molecule has 4 aromatic carbocycles. The molecule has 1 aromatic heterocycles. The highest BCUT2D eigenvalue weighted by Gasteiger charge is 2.18. The van der Waals surface area contributed by atoms with Gasteiger partial charge in [0.25, 0.3) is 0 Å². The van der Waals surface area contributed by atoms with Gasteiger partial charge in [-0.2, -0.15) is 0 Å². The van der Waals surface area contributed by atoms with Crippen LogP contribution in [-0.4, -0.2) is 9.55 Å². The van der Waals surface area contributed by atoms with Gasteiger partial charge < -0.3 is 0 Å². The average Bonchev–Trinajstić information content (AvgIpc) is 3.34. The third kappa shape index (κ3) is 3.41. The lowest BCUT2D eigenvalue weighted by atomic mass is 9.95. The van der Waals surface area contributed by atoms with E-state index < -0.39 is 0 Å². The fourth-order valence-electron chi connectivity index (χ4n) is 3.95. The molecular weight excluding hydrogens is 378 g/mol. The molecule has 0 bridgehead atoms. The fraction of sp³-hybridized carbons (Fsp3) is 0. The first kappa shape index (κ1) is 18.6. The molecule has 5 aromatic rings. The van der Waals surface area contributed by atoms with Crippen molar-refractivity contribution in [1.82, 2.24) is 9.55 Å². The van der Waals surface area contributed by atoms with Crippen LogP contribution >= 0.6 is 0 Å². The summed E-state index contributed by atoms with van der Waals surface area (Å²) in [6, 6.07) is 34.8. The minimum absolute atomic E-state index is 0.591. The van der Waals surface area contributed by atoms with Gasteiger partial charge >= 0.3 is 0 Å². The zero-order valence-corrected chi connectivity index (χ0v) is 16.8. The van der Waals surface area contributed by atoms with Crippen LogP contribution in [-0.2, 0) is 0 Å². The third-order valence-electron chi connectivity index (χ3n) is 5.35. The molecule has 146 valence electrons. The minimum atomic E-state index is 0.591. The van der Waals surface area contributed by atoms with Crippen molar-refractivity contribution in [1.29, 1.82) is 0 Å². The number of imidazole rings is 1. The van der Waals surface area contributed by atoms with E-state index >= 15 is 0 Å².